The Hall–Kier alpha value is -1.31. The van der Waals surface area contributed by atoms with E-state index in [1.807, 2.05) is 18.3 Å². The Morgan fingerprint density at radius 2 is 2.07 bits per heavy atom. The third kappa shape index (κ3) is 1.65. The highest BCUT2D eigenvalue weighted by Crippen LogP contribution is 2.18. The molecule has 0 saturated heterocycles. The molecule has 0 N–H and O–H groups in total. The van der Waals surface area contributed by atoms with Gasteiger partial charge in [0.25, 0.3) is 0 Å². The molecule has 0 aliphatic rings. The number of benzene rings is 1. The van der Waals surface area contributed by atoms with E-state index >= 15 is 0 Å². The molecule has 0 saturated carbocycles. The lowest BCUT2D eigenvalue weighted by Gasteiger charge is -2.07. The minimum Gasteiger partial charge on any atom is -0.347 e. The molecule has 1 aromatic heterocycles. The van der Waals surface area contributed by atoms with E-state index in [0.717, 1.165) is 17.4 Å². The van der Waals surface area contributed by atoms with Crippen molar-refractivity contribution in [1.82, 2.24) is 4.57 Å². The van der Waals surface area contributed by atoms with E-state index in [9.17, 15) is 4.39 Å². The van der Waals surface area contributed by atoms with Gasteiger partial charge in [-0.3, -0.25) is 0 Å². The standard InChI is InChI=1S/C12H14FN/c1-9(2)8-14-6-5-10-3-4-11(13)7-12(10)14/h3-7,9H,8H2,1-2H3. The maximum absolute atomic E-state index is 13.0. The van der Waals surface area contributed by atoms with Crippen molar-refractivity contribution in [2.75, 3.05) is 0 Å². The van der Waals surface area contributed by atoms with Gasteiger partial charge in [-0.1, -0.05) is 13.8 Å². The van der Waals surface area contributed by atoms with Gasteiger partial charge in [0.15, 0.2) is 0 Å². The smallest absolute Gasteiger partial charge is 0.125 e. The number of hydrogen-bond donors (Lipinski definition) is 0. The largest absolute Gasteiger partial charge is 0.347 e. The third-order valence-corrected chi connectivity index (χ3v) is 2.30. The van der Waals surface area contributed by atoms with Crippen LogP contribution in [0.4, 0.5) is 4.39 Å². The summed E-state index contributed by atoms with van der Waals surface area (Å²) in [5, 5.41) is 1.10. The monoisotopic (exact) mass is 191 g/mol. The summed E-state index contributed by atoms with van der Waals surface area (Å²) in [6, 6.07) is 6.94. The van der Waals surface area contributed by atoms with Gasteiger partial charge < -0.3 is 4.57 Å². The maximum atomic E-state index is 13.0. The van der Waals surface area contributed by atoms with E-state index in [-0.39, 0.29) is 5.82 Å². The predicted molar refractivity (Wildman–Crippen MR) is 56.7 cm³/mol. The Balaban J connectivity index is 2.50. The molecule has 0 spiro atoms. The second kappa shape index (κ2) is 3.45. The van der Waals surface area contributed by atoms with Gasteiger partial charge in [0.05, 0.1) is 5.52 Å². The number of nitrogens with zero attached hydrogens (tertiary/aromatic N) is 1. The van der Waals surface area contributed by atoms with Gasteiger partial charge >= 0.3 is 0 Å². The van der Waals surface area contributed by atoms with Crippen LogP contribution in [0.5, 0.6) is 0 Å². The lowest BCUT2D eigenvalue weighted by Crippen LogP contribution is -2.02. The molecule has 1 aromatic carbocycles. The highest BCUT2D eigenvalue weighted by molar-refractivity contribution is 5.80. The number of hydrogen-bond acceptors (Lipinski definition) is 0. The molecule has 1 heterocycles. The molecule has 0 amide bonds. The van der Waals surface area contributed by atoms with Crippen LogP contribution in [0.3, 0.4) is 0 Å². The molecule has 1 nitrogen and oxygen atoms in total. The Kier molecular flexibility index (Phi) is 2.28. The molecule has 0 atom stereocenters. The summed E-state index contributed by atoms with van der Waals surface area (Å²) < 4.78 is 15.1. The van der Waals surface area contributed by atoms with Crippen molar-refractivity contribution in [3.63, 3.8) is 0 Å². The normalized spacial score (nSPS) is 11.4. The molecule has 14 heavy (non-hydrogen) atoms. The molecule has 0 radical (unpaired) electrons. The van der Waals surface area contributed by atoms with Gasteiger partial charge in [-0.15, -0.1) is 0 Å². The van der Waals surface area contributed by atoms with Crippen molar-refractivity contribution in [2.24, 2.45) is 5.92 Å². The van der Waals surface area contributed by atoms with Gasteiger partial charge in [-0.2, -0.15) is 0 Å². The fourth-order valence-corrected chi connectivity index (χ4v) is 1.71. The minimum atomic E-state index is -0.166. The molecule has 2 rings (SSSR count). The van der Waals surface area contributed by atoms with Crippen molar-refractivity contribution < 1.29 is 4.39 Å². The fourth-order valence-electron chi connectivity index (χ4n) is 1.71. The third-order valence-electron chi connectivity index (χ3n) is 2.30. The van der Waals surface area contributed by atoms with Gasteiger partial charge in [0.1, 0.15) is 5.82 Å². The Morgan fingerprint density at radius 3 is 2.79 bits per heavy atom. The van der Waals surface area contributed by atoms with Crippen molar-refractivity contribution in [1.29, 1.82) is 0 Å². The van der Waals surface area contributed by atoms with Crippen LogP contribution in [0, 0.1) is 11.7 Å². The van der Waals surface area contributed by atoms with Gasteiger partial charge in [0, 0.05) is 12.7 Å². The number of aromatic nitrogens is 1. The number of halogens is 1. The van der Waals surface area contributed by atoms with E-state index in [0.29, 0.717) is 5.92 Å². The number of rotatable bonds is 2. The second-order valence-electron chi connectivity index (χ2n) is 4.07. The molecule has 2 heteroatoms. The first-order chi connectivity index (χ1) is 6.66. The molecule has 0 fully saturated rings. The molecule has 2 aromatic rings. The van der Waals surface area contributed by atoms with Crippen molar-refractivity contribution in [3.8, 4) is 0 Å². The summed E-state index contributed by atoms with van der Waals surface area (Å²) >= 11 is 0. The fraction of sp³-hybridized carbons (Fsp3) is 0.333. The molecule has 0 aliphatic heterocycles. The summed E-state index contributed by atoms with van der Waals surface area (Å²) in [5.74, 6) is 0.412. The van der Waals surface area contributed by atoms with Crippen molar-refractivity contribution in [2.45, 2.75) is 20.4 Å². The molecular formula is C12H14FN. The molecule has 0 aliphatic carbocycles. The van der Waals surface area contributed by atoms with Crippen molar-refractivity contribution in [3.05, 3.63) is 36.3 Å². The first-order valence-corrected chi connectivity index (χ1v) is 4.91. The van der Waals surface area contributed by atoms with Gasteiger partial charge in [-0.25, -0.2) is 4.39 Å². The van der Waals surface area contributed by atoms with Gasteiger partial charge in [-0.05, 0) is 35.6 Å². The van der Waals surface area contributed by atoms with Crippen LogP contribution in [0.2, 0.25) is 0 Å². The lowest BCUT2D eigenvalue weighted by molar-refractivity contribution is 0.534. The Morgan fingerprint density at radius 1 is 1.29 bits per heavy atom. The van der Waals surface area contributed by atoms with Crippen LogP contribution in [-0.4, -0.2) is 4.57 Å². The van der Waals surface area contributed by atoms with Gasteiger partial charge in [0.2, 0.25) is 0 Å². The zero-order valence-electron chi connectivity index (χ0n) is 8.50. The van der Waals surface area contributed by atoms with E-state index in [1.165, 1.54) is 6.07 Å². The van der Waals surface area contributed by atoms with E-state index in [4.69, 9.17) is 0 Å². The maximum Gasteiger partial charge on any atom is 0.125 e. The minimum absolute atomic E-state index is 0.166. The lowest BCUT2D eigenvalue weighted by atomic mass is 10.2. The highest BCUT2D eigenvalue weighted by Gasteiger charge is 2.03. The first-order valence-electron chi connectivity index (χ1n) is 4.91. The van der Waals surface area contributed by atoms with Crippen LogP contribution >= 0.6 is 0 Å². The van der Waals surface area contributed by atoms with Crippen LogP contribution in [-0.2, 0) is 6.54 Å². The summed E-state index contributed by atoms with van der Waals surface area (Å²) in [7, 11) is 0. The summed E-state index contributed by atoms with van der Waals surface area (Å²) in [6.07, 6.45) is 2.02. The van der Waals surface area contributed by atoms with Crippen molar-refractivity contribution >= 4 is 10.9 Å². The van der Waals surface area contributed by atoms with E-state index in [1.54, 1.807) is 6.07 Å². The number of fused-ring (bicyclic) bond motifs is 1. The summed E-state index contributed by atoms with van der Waals surface area (Å²) in [5.41, 5.74) is 0.985. The average Bonchev–Trinajstić information content (AvgIpc) is 2.47. The summed E-state index contributed by atoms with van der Waals surface area (Å²) in [6.45, 7) is 5.25. The topological polar surface area (TPSA) is 4.93 Å². The Labute approximate surface area is 83.2 Å². The summed E-state index contributed by atoms with van der Waals surface area (Å²) in [4.78, 5) is 0. The SMILES string of the molecule is CC(C)Cn1ccc2ccc(F)cc21. The average molecular weight is 191 g/mol. The molecule has 0 unspecified atom stereocenters. The van der Waals surface area contributed by atoms with E-state index < -0.39 is 0 Å². The van der Waals surface area contributed by atoms with Crippen LogP contribution in [0.15, 0.2) is 30.5 Å². The Bertz CT molecular complexity index is 443. The predicted octanol–water partition coefficient (Wildman–Crippen LogP) is 3.44. The molecular weight excluding hydrogens is 177 g/mol. The molecule has 74 valence electrons. The zero-order valence-corrected chi connectivity index (χ0v) is 8.50. The molecule has 0 bridgehead atoms. The first kappa shape index (κ1) is 9.25. The van der Waals surface area contributed by atoms with Crippen LogP contribution < -0.4 is 0 Å². The quantitative estimate of drug-likeness (QED) is 0.685. The highest BCUT2D eigenvalue weighted by atomic mass is 19.1. The van der Waals surface area contributed by atoms with Crippen LogP contribution in [0.25, 0.3) is 10.9 Å². The van der Waals surface area contributed by atoms with Crippen LogP contribution in [0.1, 0.15) is 13.8 Å². The second-order valence-corrected chi connectivity index (χ2v) is 4.07. The zero-order chi connectivity index (χ0) is 10.1. The van der Waals surface area contributed by atoms with E-state index in [2.05, 4.69) is 18.4 Å².